The minimum absolute atomic E-state index is 0.114. The summed E-state index contributed by atoms with van der Waals surface area (Å²) in [7, 11) is 0. The van der Waals surface area contributed by atoms with Gasteiger partial charge in [0.25, 0.3) is 0 Å². The lowest BCUT2D eigenvalue weighted by Crippen LogP contribution is -2.06. The number of isocyanates is 1. The molecule has 2 nitrogen and oxygen atoms in total. The number of benzene rings is 1. The largest absolute Gasteiger partial charge is 0.417 e. The third-order valence-electron chi connectivity index (χ3n) is 1.91. The smallest absolute Gasteiger partial charge is 0.211 e. The summed E-state index contributed by atoms with van der Waals surface area (Å²) in [6, 6.07) is 3.62. The average molecular weight is 250 g/mol. The van der Waals surface area contributed by atoms with Gasteiger partial charge in [0.1, 0.15) is 0 Å². The third kappa shape index (κ3) is 3.36. The molecule has 0 aliphatic rings. The number of rotatable bonds is 3. The first-order valence-electron chi connectivity index (χ1n) is 4.34. The zero-order valence-electron chi connectivity index (χ0n) is 8.01. The molecule has 6 heteroatoms. The standard InChI is InChI=1S/C10H7ClF3NO/c11-9-2-1-7(3-4-15-6-16)5-8(9)10(12,13)14/h1-2,5H,3-4H2. The van der Waals surface area contributed by atoms with Gasteiger partial charge in [0.15, 0.2) is 0 Å². The molecule has 0 spiro atoms. The van der Waals surface area contributed by atoms with Gasteiger partial charge in [0, 0.05) is 0 Å². The van der Waals surface area contributed by atoms with Crippen molar-refractivity contribution < 1.29 is 18.0 Å². The Balaban J connectivity index is 2.94. The molecule has 0 fully saturated rings. The van der Waals surface area contributed by atoms with Gasteiger partial charge in [-0.1, -0.05) is 17.7 Å². The van der Waals surface area contributed by atoms with Gasteiger partial charge in [-0.3, -0.25) is 0 Å². The molecule has 0 bridgehead atoms. The fourth-order valence-corrected chi connectivity index (χ4v) is 1.40. The van der Waals surface area contributed by atoms with Crippen LogP contribution in [0.15, 0.2) is 23.2 Å². The molecule has 16 heavy (non-hydrogen) atoms. The molecule has 0 saturated carbocycles. The molecule has 0 N–H and O–H groups in total. The molecule has 0 aromatic heterocycles. The molecule has 0 radical (unpaired) electrons. The summed E-state index contributed by atoms with van der Waals surface area (Å²) < 4.78 is 37.3. The number of carbonyl (C=O) groups excluding carboxylic acids is 1. The predicted molar refractivity (Wildman–Crippen MR) is 53.1 cm³/mol. The van der Waals surface area contributed by atoms with Gasteiger partial charge >= 0.3 is 6.18 Å². The molecular formula is C10H7ClF3NO. The SMILES string of the molecule is O=C=NCCc1ccc(Cl)c(C(F)(F)F)c1. The Hall–Kier alpha value is -1.32. The van der Waals surface area contributed by atoms with E-state index in [9.17, 15) is 18.0 Å². The number of aliphatic imine (C=N–C) groups is 1. The lowest BCUT2D eigenvalue weighted by molar-refractivity contribution is -0.137. The molecule has 1 rings (SSSR count). The Kier molecular flexibility index (Phi) is 4.10. The van der Waals surface area contributed by atoms with Crippen molar-refractivity contribution in [3.63, 3.8) is 0 Å². The lowest BCUT2D eigenvalue weighted by atomic mass is 10.1. The first-order valence-corrected chi connectivity index (χ1v) is 4.72. The maximum absolute atomic E-state index is 12.4. The summed E-state index contributed by atoms with van der Waals surface area (Å²) >= 11 is 5.44. The Labute approximate surface area is 94.7 Å². The van der Waals surface area contributed by atoms with E-state index < -0.39 is 11.7 Å². The first kappa shape index (κ1) is 12.7. The van der Waals surface area contributed by atoms with Gasteiger partial charge in [0.05, 0.1) is 17.1 Å². The molecular weight excluding hydrogens is 243 g/mol. The van der Waals surface area contributed by atoms with E-state index in [0.717, 1.165) is 6.07 Å². The highest BCUT2D eigenvalue weighted by molar-refractivity contribution is 6.31. The average Bonchev–Trinajstić information content (AvgIpc) is 2.19. The van der Waals surface area contributed by atoms with Crippen molar-refractivity contribution in [1.82, 2.24) is 0 Å². The fraction of sp³-hybridized carbons (Fsp3) is 0.300. The molecule has 0 aliphatic carbocycles. The Bertz CT molecular complexity index is 425. The number of alkyl halides is 3. The van der Waals surface area contributed by atoms with E-state index in [2.05, 4.69) is 4.99 Å². The van der Waals surface area contributed by atoms with Crippen LogP contribution in [0.2, 0.25) is 5.02 Å². The molecule has 1 aromatic rings. The van der Waals surface area contributed by atoms with Crippen molar-refractivity contribution in [2.24, 2.45) is 4.99 Å². The van der Waals surface area contributed by atoms with Crippen LogP contribution < -0.4 is 0 Å². The zero-order chi connectivity index (χ0) is 12.2. The fourth-order valence-electron chi connectivity index (χ4n) is 1.18. The van der Waals surface area contributed by atoms with Crippen LogP contribution in [0.4, 0.5) is 13.2 Å². The van der Waals surface area contributed by atoms with Crippen LogP contribution in [-0.4, -0.2) is 12.6 Å². The van der Waals surface area contributed by atoms with E-state index in [1.807, 2.05) is 0 Å². The van der Waals surface area contributed by atoms with E-state index in [-0.39, 0.29) is 18.0 Å². The number of nitrogens with zero attached hydrogens (tertiary/aromatic N) is 1. The molecule has 0 amide bonds. The summed E-state index contributed by atoms with van der Waals surface area (Å²) in [5, 5.41) is -0.338. The van der Waals surface area contributed by atoms with Crippen LogP contribution in [0.25, 0.3) is 0 Å². The van der Waals surface area contributed by atoms with Crippen LogP contribution in [-0.2, 0) is 17.4 Å². The van der Waals surface area contributed by atoms with Crippen LogP contribution in [0.3, 0.4) is 0 Å². The van der Waals surface area contributed by atoms with E-state index in [0.29, 0.717) is 5.56 Å². The summed E-state index contributed by atoms with van der Waals surface area (Å²) in [6.45, 7) is 0.114. The monoisotopic (exact) mass is 249 g/mol. The van der Waals surface area contributed by atoms with Gasteiger partial charge in [-0.25, -0.2) is 9.79 Å². The van der Waals surface area contributed by atoms with Crippen LogP contribution in [0, 0.1) is 0 Å². The Morgan fingerprint density at radius 2 is 2.06 bits per heavy atom. The maximum Gasteiger partial charge on any atom is 0.417 e. The minimum atomic E-state index is -4.47. The van der Waals surface area contributed by atoms with Crippen LogP contribution in [0.5, 0.6) is 0 Å². The molecule has 0 unspecified atom stereocenters. The second kappa shape index (κ2) is 5.14. The van der Waals surface area contributed by atoms with E-state index >= 15 is 0 Å². The molecule has 86 valence electrons. The van der Waals surface area contributed by atoms with Gasteiger partial charge < -0.3 is 0 Å². The number of halogens is 4. The third-order valence-corrected chi connectivity index (χ3v) is 2.24. The van der Waals surface area contributed by atoms with Crippen molar-refractivity contribution >= 4 is 17.7 Å². The minimum Gasteiger partial charge on any atom is -0.211 e. The van der Waals surface area contributed by atoms with Gasteiger partial charge in [0.2, 0.25) is 6.08 Å². The van der Waals surface area contributed by atoms with E-state index in [1.165, 1.54) is 18.2 Å². The molecule has 1 aromatic carbocycles. The quantitative estimate of drug-likeness (QED) is 0.597. The second-order valence-corrected chi connectivity index (χ2v) is 3.44. The topological polar surface area (TPSA) is 29.4 Å². The highest BCUT2D eigenvalue weighted by Crippen LogP contribution is 2.35. The Morgan fingerprint density at radius 1 is 1.38 bits per heavy atom. The molecule has 0 atom stereocenters. The van der Waals surface area contributed by atoms with Gasteiger partial charge in [-0.05, 0) is 24.1 Å². The summed E-state index contributed by atoms with van der Waals surface area (Å²) in [5.41, 5.74) is -0.447. The molecule has 0 aliphatic heterocycles. The lowest BCUT2D eigenvalue weighted by Gasteiger charge is -2.10. The second-order valence-electron chi connectivity index (χ2n) is 3.03. The van der Waals surface area contributed by atoms with Crippen LogP contribution >= 0.6 is 11.6 Å². The van der Waals surface area contributed by atoms with Crippen molar-refractivity contribution in [2.45, 2.75) is 12.6 Å². The summed E-state index contributed by atoms with van der Waals surface area (Å²) in [6.07, 6.45) is -2.90. The highest BCUT2D eigenvalue weighted by atomic mass is 35.5. The van der Waals surface area contributed by atoms with Crippen molar-refractivity contribution in [1.29, 1.82) is 0 Å². The molecule has 0 saturated heterocycles. The van der Waals surface area contributed by atoms with E-state index in [1.54, 1.807) is 0 Å². The van der Waals surface area contributed by atoms with Crippen molar-refractivity contribution in [3.05, 3.63) is 34.3 Å². The van der Waals surface area contributed by atoms with Crippen molar-refractivity contribution in [3.8, 4) is 0 Å². The molecule has 0 heterocycles. The number of hydrogen-bond acceptors (Lipinski definition) is 2. The van der Waals surface area contributed by atoms with Crippen LogP contribution in [0.1, 0.15) is 11.1 Å². The normalized spacial score (nSPS) is 11.0. The summed E-state index contributed by atoms with van der Waals surface area (Å²) in [4.78, 5) is 13.0. The maximum atomic E-state index is 12.4. The van der Waals surface area contributed by atoms with Crippen molar-refractivity contribution in [2.75, 3.05) is 6.54 Å². The highest BCUT2D eigenvalue weighted by Gasteiger charge is 2.33. The zero-order valence-corrected chi connectivity index (χ0v) is 8.77. The summed E-state index contributed by atoms with van der Waals surface area (Å²) in [5.74, 6) is 0. The Morgan fingerprint density at radius 3 is 2.62 bits per heavy atom. The number of hydrogen-bond donors (Lipinski definition) is 0. The van der Waals surface area contributed by atoms with Gasteiger partial charge in [-0.2, -0.15) is 13.2 Å². The predicted octanol–water partition coefficient (Wildman–Crippen LogP) is 3.24. The van der Waals surface area contributed by atoms with E-state index in [4.69, 9.17) is 11.6 Å². The van der Waals surface area contributed by atoms with Gasteiger partial charge in [-0.15, -0.1) is 0 Å². The first-order chi connectivity index (χ1) is 7.45.